The number of aryl methyl sites for hydroxylation is 3. The minimum absolute atomic E-state index is 0.0299. The number of carbonyl (C=O) groups excluding carboxylic acids is 3. The normalized spacial score (nSPS) is 12.2. The number of hydrogen-bond acceptors (Lipinski definition) is 12. The van der Waals surface area contributed by atoms with E-state index in [0.29, 0.717) is 160 Å². The first-order valence-corrected chi connectivity index (χ1v) is 39.0. The topological polar surface area (TPSA) is 244 Å². The van der Waals surface area contributed by atoms with Gasteiger partial charge in [-0.2, -0.15) is 0 Å². The second kappa shape index (κ2) is 39.0. The maximum atomic E-state index is 13.9. The van der Waals surface area contributed by atoms with Crippen molar-refractivity contribution in [3.05, 3.63) is 332 Å². The summed E-state index contributed by atoms with van der Waals surface area (Å²) in [5, 5.41) is 2.98. The van der Waals surface area contributed by atoms with Crippen LogP contribution >= 0.6 is 34.8 Å². The van der Waals surface area contributed by atoms with Gasteiger partial charge in [0.2, 0.25) is 0 Å². The van der Waals surface area contributed by atoms with Crippen molar-refractivity contribution in [3.63, 3.8) is 0 Å². The Morgan fingerprint density at radius 2 is 0.586 bits per heavy atom. The van der Waals surface area contributed by atoms with Crippen molar-refractivity contribution in [1.29, 1.82) is 0 Å². The SMILES string of the molecule is Cc1ccc(C(=O)N(CCCN)[C@@H](c2nc3cc(Cl)ccc3c(=O)n2Cc2ccccc2)C(C)C)cc1.Cc1ccc(C(=O)N(CCCN)[C@@H](c2nc3cc(Cl)ccc3c(=O)n2Cc2ccccc2)C(C)C)cc1.Cc1ccc(C(=O)N(CCCN)[C@@H](c2nc3cc(Cl)ccc3c(=O)n2Cc2ccccc2)C(C)C)cc1. The average molecular weight is 1550 g/mol. The van der Waals surface area contributed by atoms with Gasteiger partial charge in [-0.25, -0.2) is 15.0 Å². The van der Waals surface area contributed by atoms with Crippen LogP contribution in [0.1, 0.15) is 161 Å². The smallest absolute Gasteiger partial charge is 0.261 e. The van der Waals surface area contributed by atoms with Crippen LogP contribution in [-0.2, 0) is 19.6 Å². The monoisotopic (exact) mass is 1550 g/mol. The number of amides is 3. The van der Waals surface area contributed by atoms with Crippen LogP contribution in [0.15, 0.2) is 233 Å². The number of fused-ring (bicyclic) bond motifs is 3. The largest absolute Gasteiger partial charge is 0.330 e. The van der Waals surface area contributed by atoms with E-state index in [-0.39, 0.29) is 52.2 Å². The van der Waals surface area contributed by atoms with Crippen molar-refractivity contribution in [2.75, 3.05) is 39.3 Å². The maximum Gasteiger partial charge on any atom is 0.261 e. The Balaban J connectivity index is 0.000000177. The molecule has 0 aliphatic rings. The van der Waals surface area contributed by atoms with Crippen LogP contribution < -0.4 is 33.9 Å². The van der Waals surface area contributed by atoms with Gasteiger partial charge < -0.3 is 31.9 Å². The van der Waals surface area contributed by atoms with Gasteiger partial charge in [-0.3, -0.25) is 42.5 Å². The molecular weight excluding hydrogens is 1450 g/mol. The molecule has 21 heteroatoms. The predicted octanol–water partition coefficient (Wildman–Crippen LogP) is 16.8. The van der Waals surface area contributed by atoms with E-state index >= 15 is 0 Å². The molecule has 18 nitrogen and oxygen atoms in total. The highest BCUT2D eigenvalue weighted by Gasteiger charge is 2.36. The Bertz CT molecular complexity index is 4820. The molecule has 0 fully saturated rings. The predicted molar refractivity (Wildman–Crippen MR) is 450 cm³/mol. The van der Waals surface area contributed by atoms with Crippen molar-refractivity contribution in [3.8, 4) is 0 Å². The zero-order chi connectivity index (χ0) is 79.6. The first kappa shape index (κ1) is 83.0. The minimum Gasteiger partial charge on any atom is -0.330 e. The summed E-state index contributed by atoms with van der Waals surface area (Å²) in [6.45, 7) is 21.9. The lowest BCUT2D eigenvalue weighted by Gasteiger charge is -2.35. The molecule has 9 aromatic carbocycles. The van der Waals surface area contributed by atoms with Gasteiger partial charge >= 0.3 is 0 Å². The molecule has 0 saturated heterocycles. The number of hydrogen-bond donors (Lipinski definition) is 3. The maximum absolute atomic E-state index is 13.9. The van der Waals surface area contributed by atoms with Crippen LogP contribution in [0, 0.1) is 38.5 Å². The first-order valence-electron chi connectivity index (χ1n) is 37.8. The molecule has 0 bridgehead atoms. The number of carbonyl (C=O) groups is 3. The molecule has 3 amide bonds. The number of nitrogens with two attached hydrogens (primary N) is 3. The molecular formula is C90H99Cl3N12O6. The molecule has 12 aromatic rings. The first-order chi connectivity index (χ1) is 53.4. The molecule has 3 heterocycles. The van der Waals surface area contributed by atoms with Crippen LogP contribution in [-0.4, -0.2) is 100 Å². The van der Waals surface area contributed by atoms with Gasteiger partial charge in [0.05, 0.1) is 70.5 Å². The average Bonchev–Trinajstić information content (AvgIpc) is 0.771. The minimum atomic E-state index is -0.458. The Morgan fingerprint density at radius 3 is 0.802 bits per heavy atom. The molecule has 0 saturated carbocycles. The second-order valence-corrected chi connectivity index (χ2v) is 30.4. The summed E-state index contributed by atoms with van der Waals surface area (Å²) < 4.78 is 5.11. The van der Waals surface area contributed by atoms with Crippen molar-refractivity contribution < 1.29 is 14.4 Å². The number of halogens is 3. The van der Waals surface area contributed by atoms with Crippen LogP contribution in [0.5, 0.6) is 0 Å². The highest BCUT2D eigenvalue weighted by Crippen LogP contribution is 2.35. The fourth-order valence-corrected chi connectivity index (χ4v) is 14.4. The lowest BCUT2D eigenvalue weighted by atomic mass is 9.98. The number of nitrogens with zero attached hydrogens (tertiary/aromatic N) is 9. The fraction of sp³-hybridized carbons (Fsp3) is 0.300. The van der Waals surface area contributed by atoms with Gasteiger partial charge in [-0.1, -0.05) is 220 Å². The summed E-state index contributed by atoms with van der Waals surface area (Å²) in [6, 6.07) is 66.0. The van der Waals surface area contributed by atoms with Gasteiger partial charge in [0.15, 0.2) is 0 Å². The molecule has 576 valence electrons. The van der Waals surface area contributed by atoms with Gasteiger partial charge in [0.1, 0.15) is 17.5 Å². The van der Waals surface area contributed by atoms with E-state index in [9.17, 15) is 28.8 Å². The molecule has 0 unspecified atom stereocenters. The van der Waals surface area contributed by atoms with Gasteiger partial charge in [-0.05, 0) is 185 Å². The molecule has 3 atom stereocenters. The van der Waals surface area contributed by atoms with Gasteiger partial charge in [0.25, 0.3) is 34.4 Å². The summed E-state index contributed by atoms with van der Waals surface area (Å²) in [5.74, 6) is 1.19. The van der Waals surface area contributed by atoms with E-state index in [1.54, 1.807) is 68.3 Å². The molecule has 111 heavy (non-hydrogen) atoms. The van der Waals surface area contributed by atoms with Gasteiger partial charge in [0, 0.05) is 51.4 Å². The Labute approximate surface area is 664 Å². The van der Waals surface area contributed by atoms with E-state index < -0.39 is 18.1 Å². The Kier molecular flexibility index (Phi) is 29.1. The highest BCUT2D eigenvalue weighted by molar-refractivity contribution is 6.32. The summed E-state index contributed by atoms with van der Waals surface area (Å²) in [5.41, 5.74) is 26.6. The van der Waals surface area contributed by atoms with Crippen molar-refractivity contribution in [2.45, 2.75) is 119 Å². The molecule has 12 rings (SSSR count). The third-order valence-corrected chi connectivity index (χ3v) is 20.3. The summed E-state index contributed by atoms with van der Waals surface area (Å²) in [4.78, 5) is 104. The molecule has 0 radical (unpaired) electrons. The number of benzene rings is 9. The standard InChI is InChI=1S/3C30H33ClN4O2/c3*1-20(2)27(34(17-7-16-32)29(36)23-12-10-21(3)11-13-23)28-33-26-18-24(31)14-15-25(26)30(37)35(28)19-22-8-5-4-6-9-22/h3*4-6,8-15,18,20,27H,7,16-17,19,32H2,1-3H3/t3*27-/m111/s1. The number of aromatic nitrogens is 6. The van der Waals surface area contributed by atoms with Crippen LogP contribution in [0.2, 0.25) is 15.1 Å². The van der Waals surface area contributed by atoms with E-state index in [1.165, 1.54) is 0 Å². The fourth-order valence-electron chi connectivity index (χ4n) is 13.9. The summed E-state index contributed by atoms with van der Waals surface area (Å²) >= 11 is 18.8. The van der Waals surface area contributed by atoms with Crippen molar-refractivity contribution in [2.24, 2.45) is 35.0 Å². The van der Waals surface area contributed by atoms with E-state index in [4.69, 9.17) is 67.0 Å². The van der Waals surface area contributed by atoms with Crippen LogP contribution in [0.4, 0.5) is 0 Å². The second-order valence-electron chi connectivity index (χ2n) is 29.1. The summed E-state index contributed by atoms with van der Waals surface area (Å²) in [6.07, 6.45) is 1.88. The third kappa shape index (κ3) is 20.6. The molecule has 6 N–H and O–H groups in total. The zero-order valence-corrected chi connectivity index (χ0v) is 66.8. The van der Waals surface area contributed by atoms with E-state index in [0.717, 1.165) is 33.4 Å². The highest BCUT2D eigenvalue weighted by atomic mass is 35.5. The molecule has 0 spiro atoms. The number of rotatable bonds is 27. The molecule has 0 aliphatic heterocycles. The Morgan fingerprint density at radius 1 is 0.351 bits per heavy atom. The van der Waals surface area contributed by atoms with E-state index in [2.05, 4.69) is 0 Å². The lowest BCUT2D eigenvalue weighted by Crippen LogP contribution is -2.42. The van der Waals surface area contributed by atoms with Crippen molar-refractivity contribution in [1.82, 2.24) is 43.4 Å². The van der Waals surface area contributed by atoms with Crippen LogP contribution in [0.3, 0.4) is 0 Å². The Hall–Kier alpha value is -10.4. The van der Waals surface area contributed by atoms with Crippen molar-refractivity contribution >= 4 is 85.2 Å². The molecule has 0 aliphatic carbocycles. The van der Waals surface area contributed by atoms with E-state index in [1.807, 2.05) is 241 Å². The van der Waals surface area contributed by atoms with Crippen LogP contribution in [0.25, 0.3) is 32.7 Å². The van der Waals surface area contributed by atoms with Gasteiger partial charge in [-0.15, -0.1) is 0 Å². The third-order valence-electron chi connectivity index (χ3n) is 19.6. The summed E-state index contributed by atoms with van der Waals surface area (Å²) in [7, 11) is 0. The lowest BCUT2D eigenvalue weighted by molar-refractivity contribution is 0.0596. The quantitative estimate of drug-likeness (QED) is 0.0435. The zero-order valence-electron chi connectivity index (χ0n) is 64.6. The molecule has 3 aromatic heterocycles.